The molecular formula is C20H26N8O. The molecule has 3 heterocycles. The minimum Gasteiger partial charge on any atom is -0.336 e. The van der Waals surface area contributed by atoms with Gasteiger partial charge in [0.2, 0.25) is 0 Å². The maximum Gasteiger partial charge on any atom is 0.254 e. The second-order valence-corrected chi connectivity index (χ2v) is 7.57. The number of hydrogen-bond acceptors (Lipinski definition) is 6. The highest BCUT2D eigenvalue weighted by atomic mass is 16.2. The van der Waals surface area contributed by atoms with Gasteiger partial charge in [-0.1, -0.05) is 19.9 Å². The number of carbonyl (C=O) groups excluding carboxylic acids is 1. The van der Waals surface area contributed by atoms with Gasteiger partial charge in [-0.05, 0) is 28.6 Å². The average molecular weight is 394 g/mol. The molecule has 1 aliphatic heterocycles. The summed E-state index contributed by atoms with van der Waals surface area (Å²) in [6.45, 7) is 9.44. The first-order valence-electron chi connectivity index (χ1n) is 9.98. The van der Waals surface area contributed by atoms with Crippen LogP contribution >= 0.6 is 0 Å². The Labute approximate surface area is 169 Å². The summed E-state index contributed by atoms with van der Waals surface area (Å²) in [5, 5.41) is 11.2. The summed E-state index contributed by atoms with van der Waals surface area (Å²) in [6.07, 6.45) is 5.44. The van der Waals surface area contributed by atoms with Crippen molar-refractivity contribution < 1.29 is 4.79 Å². The Hall–Kier alpha value is -3.07. The molecule has 0 radical (unpaired) electrons. The maximum atomic E-state index is 12.9. The zero-order valence-electron chi connectivity index (χ0n) is 16.8. The molecule has 0 N–H and O–H groups in total. The predicted octanol–water partition coefficient (Wildman–Crippen LogP) is 1.44. The number of benzene rings is 1. The van der Waals surface area contributed by atoms with Crippen molar-refractivity contribution in [2.24, 2.45) is 0 Å². The van der Waals surface area contributed by atoms with Crippen LogP contribution in [0.15, 0.2) is 43.0 Å². The Balaban J connectivity index is 1.32. The van der Waals surface area contributed by atoms with Crippen LogP contribution in [0, 0.1) is 0 Å². The van der Waals surface area contributed by atoms with Crippen molar-refractivity contribution in [3.63, 3.8) is 0 Å². The number of carbonyl (C=O) groups is 1. The Morgan fingerprint density at radius 1 is 1.14 bits per heavy atom. The summed E-state index contributed by atoms with van der Waals surface area (Å²) < 4.78 is 3.78. The first-order valence-corrected chi connectivity index (χ1v) is 9.98. The summed E-state index contributed by atoms with van der Waals surface area (Å²) in [5.41, 5.74) is 1.44. The van der Waals surface area contributed by atoms with Gasteiger partial charge in [-0.15, -0.1) is 5.10 Å². The number of tetrazole rings is 1. The van der Waals surface area contributed by atoms with E-state index in [2.05, 4.69) is 43.8 Å². The molecule has 29 heavy (non-hydrogen) atoms. The van der Waals surface area contributed by atoms with Crippen molar-refractivity contribution in [1.82, 2.24) is 39.6 Å². The van der Waals surface area contributed by atoms with Crippen LogP contribution in [0.5, 0.6) is 0 Å². The van der Waals surface area contributed by atoms with E-state index in [1.54, 1.807) is 4.68 Å². The lowest BCUT2D eigenvalue weighted by Gasteiger charge is -2.35. The molecule has 9 heteroatoms. The third-order valence-electron chi connectivity index (χ3n) is 5.29. The van der Waals surface area contributed by atoms with Crippen molar-refractivity contribution in [1.29, 1.82) is 0 Å². The molecular weight excluding hydrogens is 368 g/mol. The maximum absolute atomic E-state index is 12.9. The molecule has 0 atom stereocenters. The second-order valence-electron chi connectivity index (χ2n) is 7.57. The van der Waals surface area contributed by atoms with Crippen LogP contribution in [0.1, 0.15) is 35.9 Å². The van der Waals surface area contributed by atoms with Gasteiger partial charge in [0.05, 0.1) is 5.69 Å². The molecule has 3 aromatic rings. The standard InChI is InChI=1S/C20H26N8O/c1-16(2)19-21-6-7-26(19)11-8-25-9-12-27(13-10-25)20(29)17-4-3-5-18(14-17)28-15-22-23-24-28/h3-7,14-16H,8-13H2,1-2H3. The Morgan fingerprint density at radius 3 is 2.69 bits per heavy atom. The van der Waals surface area contributed by atoms with Gasteiger partial charge in [0, 0.05) is 63.1 Å². The van der Waals surface area contributed by atoms with Crippen molar-refractivity contribution in [3.05, 3.63) is 54.4 Å². The highest BCUT2D eigenvalue weighted by Crippen LogP contribution is 2.14. The van der Waals surface area contributed by atoms with Crippen molar-refractivity contribution >= 4 is 5.91 Å². The van der Waals surface area contributed by atoms with Crippen LogP contribution < -0.4 is 0 Å². The van der Waals surface area contributed by atoms with Crippen LogP contribution in [-0.4, -0.2) is 78.2 Å². The molecule has 1 fully saturated rings. The number of rotatable bonds is 6. The molecule has 152 valence electrons. The van der Waals surface area contributed by atoms with Gasteiger partial charge in [0.15, 0.2) is 0 Å². The van der Waals surface area contributed by atoms with Crippen LogP contribution in [0.3, 0.4) is 0 Å². The Morgan fingerprint density at radius 2 is 1.97 bits per heavy atom. The van der Waals surface area contributed by atoms with E-state index in [1.165, 1.54) is 6.33 Å². The first-order chi connectivity index (χ1) is 14.1. The van der Waals surface area contributed by atoms with Gasteiger partial charge in [-0.25, -0.2) is 9.67 Å². The molecule has 0 unspecified atom stereocenters. The summed E-state index contributed by atoms with van der Waals surface area (Å²) in [5.74, 6) is 1.60. The fourth-order valence-corrected chi connectivity index (χ4v) is 3.68. The fraction of sp³-hybridized carbons (Fsp3) is 0.450. The molecule has 0 spiro atoms. The number of nitrogens with zero attached hydrogens (tertiary/aromatic N) is 8. The van der Waals surface area contributed by atoms with E-state index < -0.39 is 0 Å². The number of hydrogen-bond donors (Lipinski definition) is 0. The van der Waals surface area contributed by atoms with E-state index >= 15 is 0 Å². The summed E-state index contributed by atoms with van der Waals surface area (Å²) in [4.78, 5) is 21.7. The van der Waals surface area contributed by atoms with Crippen LogP contribution in [0.25, 0.3) is 5.69 Å². The number of piperazine rings is 1. The van der Waals surface area contributed by atoms with Crippen LogP contribution in [-0.2, 0) is 6.54 Å². The van der Waals surface area contributed by atoms with Gasteiger partial charge in [-0.2, -0.15) is 0 Å². The minimum absolute atomic E-state index is 0.0521. The molecule has 4 rings (SSSR count). The zero-order chi connectivity index (χ0) is 20.2. The van der Waals surface area contributed by atoms with Gasteiger partial charge < -0.3 is 9.47 Å². The molecule has 0 aliphatic carbocycles. The second kappa shape index (κ2) is 8.52. The van der Waals surface area contributed by atoms with Crippen molar-refractivity contribution in [2.75, 3.05) is 32.7 Å². The average Bonchev–Trinajstić information content (AvgIpc) is 3.44. The van der Waals surface area contributed by atoms with Gasteiger partial charge in [0.1, 0.15) is 12.2 Å². The molecule has 1 amide bonds. The lowest BCUT2D eigenvalue weighted by atomic mass is 10.1. The van der Waals surface area contributed by atoms with Crippen molar-refractivity contribution in [3.8, 4) is 5.69 Å². The smallest absolute Gasteiger partial charge is 0.254 e. The predicted molar refractivity (Wildman–Crippen MR) is 108 cm³/mol. The largest absolute Gasteiger partial charge is 0.336 e. The SMILES string of the molecule is CC(C)c1nccn1CCN1CCN(C(=O)c2cccc(-n3cnnn3)c2)CC1. The topological polar surface area (TPSA) is 85.0 Å². The fourth-order valence-electron chi connectivity index (χ4n) is 3.68. The third kappa shape index (κ3) is 4.34. The monoisotopic (exact) mass is 394 g/mol. The van der Waals surface area contributed by atoms with E-state index in [4.69, 9.17) is 0 Å². The number of aromatic nitrogens is 6. The molecule has 1 saturated heterocycles. The highest BCUT2D eigenvalue weighted by Gasteiger charge is 2.22. The molecule has 2 aromatic heterocycles. The molecule has 0 saturated carbocycles. The summed E-state index contributed by atoms with van der Waals surface area (Å²) in [6, 6.07) is 7.41. The first kappa shape index (κ1) is 19.3. The quantitative estimate of drug-likeness (QED) is 0.629. The normalized spacial score (nSPS) is 15.2. The molecule has 1 aliphatic rings. The number of amides is 1. The van der Waals surface area contributed by atoms with Crippen LogP contribution in [0.4, 0.5) is 0 Å². The Kier molecular flexibility index (Phi) is 5.66. The summed E-state index contributed by atoms with van der Waals surface area (Å²) >= 11 is 0. The molecule has 1 aromatic carbocycles. The highest BCUT2D eigenvalue weighted by molar-refractivity contribution is 5.94. The summed E-state index contributed by atoms with van der Waals surface area (Å²) in [7, 11) is 0. The van der Waals surface area contributed by atoms with Crippen LogP contribution in [0.2, 0.25) is 0 Å². The van der Waals surface area contributed by atoms with Gasteiger partial charge in [-0.3, -0.25) is 9.69 Å². The molecule has 0 bridgehead atoms. The number of imidazole rings is 1. The van der Waals surface area contributed by atoms with E-state index in [1.807, 2.05) is 41.6 Å². The van der Waals surface area contributed by atoms with Gasteiger partial charge >= 0.3 is 0 Å². The zero-order valence-corrected chi connectivity index (χ0v) is 16.8. The van der Waals surface area contributed by atoms with E-state index in [-0.39, 0.29) is 5.91 Å². The third-order valence-corrected chi connectivity index (χ3v) is 5.29. The minimum atomic E-state index is 0.0521. The van der Waals surface area contributed by atoms with Gasteiger partial charge in [0.25, 0.3) is 5.91 Å². The van der Waals surface area contributed by atoms with Crippen molar-refractivity contribution in [2.45, 2.75) is 26.3 Å². The van der Waals surface area contributed by atoms with E-state index in [0.717, 1.165) is 50.8 Å². The Bertz CT molecular complexity index is 941. The lowest BCUT2D eigenvalue weighted by Crippen LogP contribution is -2.49. The lowest BCUT2D eigenvalue weighted by molar-refractivity contribution is 0.0633. The molecule has 9 nitrogen and oxygen atoms in total. The van der Waals surface area contributed by atoms with E-state index in [9.17, 15) is 4.79 Å². The van der Waals surface area contributed by atoms with E-state index in [0.29, 0.717) is 11.5 Å².